The summed E-state index contributed by atoms with van der Waals surface area (Å²) < 4.78 is 13.3. The van der Waals surface area contributed by atoms with Crippen molar-refractivity contribution in [2.24, 2.45) is 5.92 Å². The van der Waals surface area contributed by atoms with E-state index in [1.54, 1.807) is 0 Å². The highest BCUT2D eigenvalue weighted by Crippen LogP contribution is 2.37. The Bertz CT molecular complexity index is 2990. The molecule has 274 valence electrons. The van der Waals surface area contributed by atoms with Crippen LogP contribution in [0.15, 0.2) is 188 Å². The Kier molecular flexibility index (Phi) is 8.68. The molecular formula is C52H40N4O. The second-order valence-electron chi connectivity index (χ2n) is 14.9. The molecule has 57 heavy (non-hydrogen) atoms. The highest BCUT2D eigenvalue weighted by atomic mass is 16.5. The Morgan fingerprint density at radius 1 is 0.579 bits per heavy atom. The summed E-state index contributed by atoms with van der Waals surface area (Å²) in [5, 5.41) is 2.34. The lowest BCUT2D eigenvalue weighted by Crippen LogP contribution is -2.31. The van der Waals surface area contributed by atoms with Crippen molar-refractivity contribution < 1.29 is 9.30 Å². The summed E-state index contributed by atoms with van der Waals surface area (Å²) in [6.07, 6.45) is 6.71. The summed E-state index contributed by atoms with van der Waals surface area (Å²) in [5.41, 5.74) is 12.1. The molecule has 10 aromatic rings. The van der Waals surface area contributed by atoms with Crippen LogP contribution in [0.25, 0.3) is 72.3 Å². The minimum atomic E-state index is 0.554. The molecule has 0 aliphatic heterocycles. The van der Waals surface area contributed by atoms with Crippen molar-refractivity contribution >= 4 is 32.8 Å². The maximum absolute atomic E-state index is 6.70. The predicted octanol–water partition coefficient (Wildman–Crippen LogP) is 12.5. The topological polar surface area (TPSA) is 35.9 Å². The molecule has 0 unspecified atom stereocenters. The van der Waals surface area contributed by atoms with Gasteiger partial charge in [-0.15, -0.1) is 0 Å². The third-order valence-corrected chi connectivity index (χ3v) is 10.6. The number of nitrogens with zero attached hydrogens (tertiary/aromatic N) is 4. The van der Waals surface area contributed by atoms with Crippen molar-refractivity contribution in [3.63, 3.8) is 0 Å². The molecule has 0 saturated carbocycles. The van der Waals surface area contributed by atoms with E-state index in [2.05, 4.69) is 204 Å². The van der Waals surface area contributed by atoms with Gasteiger partial charge in [-0.05, 0) is 88.7 Å². The van der Waals surface area contributed by atoms with Gasteiger partial charge in [-0.1, -0.05) is 141 Å². The Morgan fingerprint density at radius 2 is 1.23 bits per heavy atom. The maximum Gasteiger partial charge on any atom is 0.269 e. The maximum atomic E-state index is 6.70. The van der Waals surface area contributed by atoms with E-state index < -0.39 is 0 Å². The smallest absolute Gasteiger partial charge is 0.269 e. The molecule has 0 spiro atoms. The van der Waals surface area contributed by atoms with E-state index in [0.29, 0.717) is 5.92 Å². The van der Waals surface area contributed by atoms with Gasteiger partial charge < -0.3 is 4.74 Å². The van der Waals surface area contributed by atoms with Gasteiger partial charge in [0.15, 0.2) is 0 Å². The Labute approximate surface area is 332 Å². The fraction of sp³-hybridized carbons (Fsp3) is 0.0769. The molecule has 0 saturated heterocycles. The van der Waals surface area contributed by atoms with Gasteiger partial charge in [0.25, 0.3) is 6.33 Å². The third kappa shape index (κ3) is 6.33. The zero-order valence-electron chi connectivity index (χ0n) is 31.9. The number of pyridine rings is 1. The summed E-state index contributed by atoms with van der Waals surface area (Å²) in [7, 11) is 0. The molecule has 0 radical (unpaired) electrons. The fourth-order valence-electron chi connectivity index (χ4n) is 8.17. The van der Waals surface area contributed by atoms with Crippen molar-refractivity contribution in [3.8, 4) is 50.9 Å². The minimum absolute atomic E-state index is 0.554. The highest BCUT2D eigenvalue weighted by Gasteiger charge is 2.20. The number of rotatable bonds is 9. The molecule has 0 aliphatic rings. The number of hydrogen-bond acceptors (Lipinski definition) is 2. The average Bonchev–Trinajstić information content (AvgIpc) is 3.80. The summed E-state index contributed by atoms with van der Waals surface area (Å²) in [6, 6.07) is 63.7. The van der Waals surface area contributed by atoms with Gasteiger partial charge in [-0.2, -0.15) is 0 Å². The van der Waals surface area contributed by atoms with Crippen LogP contribution in [0.2, 0.25) is 0 Å². The van der Waals surface area contributed by atoms with E-state index in [4.69, 9.17) is 9.72 Å². The molecule has 5 nitrogen and oxygen atoms in total. The lowest BCUT2D eigenvalue weighted by atomic mass is 9.95. The van der Waals surface area contributed by atoms with Crippen molar-refractivity contribution in [1.29, 1.82) is 0 Å². The SMILES string of the molecule is CC(C)Cc1ccnc(-n2c3ccccc3c3ccc(Oc4cccc(-n5[c-][n+](-c6c(-c7ccccc7)cccc6-c6ccccc6)c6ccccc65)c4)cc32)c1. The monoisotopic (exact) mass is 736 g/mol. The van der Waals surface area contributed by atoms with Crippen LogP contribution in [0.4, 0.5) is 0 Å². The van der Waals surface area contributed by atoms with Crippen LogP contribution in [0.5, 0.6) is 11.5 Å². The standard InChI is InChI=1S/C52H40N4O/c1-36(2)31-37-29-30-53-51(32-37)56-47-24-10-9-21-45(47)46-28-27-42(34-50(46)56)57-41-20-13-19-40(33-41)54-35-55(49-26-12-11-25-48(49)54)52-43(38-15-5-3-6-16-38)22-14-23-44(52)39-17-7-4-8-18-39/h3-30,32-34,36H,31H2,1-2H3. The summed E-state index contributed by atoms with van der Waals surface area (Å²) in [6.45, 7) is 4.50. The second-order valence-corrected chi connectivity index (χ2v) is 14.9. The van der Waals surface area contributed by atoms with Crippen LogP contribution < -0.4 is 9.30 Å². The molecule has 5 heteroatoms. The zero-order valence-corrected chi connectivity index (χ0v) is 31.9. The second kappa shape index (κ2) is 14.4. The van der Waals surface area contributed by atoms with E-state index in [1.807, 2.05) is 18.3 Å². The molecule has 0 fully saturated rings. The van der Waals surface area contributed by atoms with E-state index in [0.717, 1.165) is 84.8 Å². The largest absolute Gasteiger partial charge is 0.458 e. The lowest BCUT2D eigenvalue weighted by Gasteiger charge is -2.17. The number of aromatic nitrogens is 4. The first-order chi connectivity index (χ1) is 28.1. The number of para-hydroxylation sites is 4. The normalized spacial score (nSPS) is 11.6. The predicted molar refractivity (Wildman–Crippen MR) is 232 cm³/mol. The molecule has 10 rings (SSSR count). The first-order valence-electron chi connectivity index (χ1n) is 19.5. The molecule has 0 amide bonds. The number of ether oxygens (including phenoxy) is 1. The van der Waals surface area contributed by atoms with E-state index in [1.165, 1.54) is 10.9 Å². The first kappa shape index (κ1) is 34.3. The fourth-order valence-corrected chi connectivity index (χ4v) is 8.17. The average molecular weight is 737 g/mol. The van der Waals surface area contributed by atoms with Gasteiger partial charge in [0, 0.05) is 23.0 Å². The van der Waals surface area contributed by atoms with Crippen LogP contribution in [0, 0.1) is 12.2 Å². The number of fused-ring (bicyclic) bond motifs is 4. The summed E-state index contributed by atoms with van der Waals surface area (Å²) >= 11 is 0. The van der Waals surface area contributed by atoms with E-state index in [9.17, 15) is 0 Å². The molecule has 7 aromatic carbocycles. The lowest BCUT2D eigenvalue weighted by molar-refractivity contribution is -0.571. The van der Waals surface area contributed by atoms with Gasteiger partial charge in [0.1, 0.15) is 17.3 Å². The van der Waals surface area contributed by atoms with Crippen LogP contribution in [0.3, 0.4) is 0 Å². The molecule has 3 aromatic heterocycles. The van der Waals surface area contributed by atoms with Crippen molar-refractivity contribution in [2.75, 3.05) is 0 Å². The van der Waals surface area contributed by atoms with Crippen molar-refractivity contribution in [2.45, 2.75) is 20.3 Å². The first-order valence-corrected chi connectivity index (χ1v) is 19.5. The molecule has 0 bridgehead atoms. The van der Waals surface area contributed by atoms with Crippen LogP contribution in [-0.2, 0) is 6.42 Å². The Morgan fingerprint density at radius 3 is 1.98 bits per heavy atom. The Hall–Kier alpha value is -7.24. The van der Waals surface area contributed by atoms with Gasteiger partial charge in [-0.25, -0.2) is 4.98 Å². The number of benzene rings is 7. The zero-order chi connectivity index (χ0) is 38.3. The van der Waals surface area contributed by atoms with Gasteiger partial charge in [0.05, 0.1) is 33.4 Å². The van der Waals surface area contributed by atoms with Crippen molar-refractivity contribution in [1.82, 2.24) is 14.1 Å². The number of imidazole rings is 1. The van der Waals surface area contributed by atoms with Crippen LogP contribution in [-0.4, -0.2) is 14.1 Å². The van der Waals surface area contributed by atoms with Gasteiger partial charge in [0.2, 0.25) is 0 Å². The third-order valence-electron chi connectivity index (χ3n) is 10.6. The molecule has 0 atom stereocenters. The highest BCUT2D eigenvalue weighted by molar-refractivity contribution is 6.09. The Balaban J connectivity index is 1.08. The van der Waals surface area contributed by atoms with Crippen LogP contribution >= 0.6 is 0 Å². The molecule has 3 heterocycles. The summed E-state index contributed by atoms with van der Waals surface area (Å²) in [4.78, 5) is 4.86. The van der Waals surface area contributed by atoms with Gasteiger partial charge in [-0.3, -0.25) is 13.7 Å². The minimum Gasteiger partial charge on any atom is -0.458 e. The summed E-state index contributed by atoms with van der Waals surface area (Å²) in [5.74, 6) is 2.95. The van der Waals surface area contributed by atoms with Crippen LogP contribution in [0.1, 0.15) is 19.4 Å². The molecule has 0 N–H and O–H groups in total. The van der Waals surface area contributed by atoms with E-state index >= 15 is 0 Å². The van der Waals surface area contributed by atoms with Crippen molar-refractivity contribution in [3.05, 3.63) is 200 Å². The number of hydrogen-bond donors (Lipinski definition) is 0. The quantitative estimate of drug-likeness (QED) is 0.109. The molecule has 0 aliphatic carbocycles. The van der Waals surface area contributed by atoms with Gasteiger partial charge >= 0.3 is 0 Å². The molecular weight excluding hydrogens is 697 g/mol. The van der Waals surface area contributed by atoms with E-state index in [-0.39, 0.29) is 0 Å².